The third-order valence-corrected chi connectivity index (χ3v) is 3.71. The first kappa shape index (κ1) is 18.2. The fourth-order valence-corrected chi connectivity index (χ4v) is 2.24. The molecule has 3 nitrogen and oxygen atoms in total. The molecule has 0 aliphatic carbocycles. The second-order valence-electron chi connectivity index (χ2n) is 6.84. The summed E-state index contributed by atoms with van der Waals surface area (Å²) in [6, 6.07) is 2.19. The van der Waals surface area contributed by atoms with Gasteiger partial charge >= 0.3 is 0 Å². The first-order valence-corrected chi connectivity index (χ1v) is 8.50. The van der Waals surface area contributed by atoms with Crippen molar-refractivity contribution in [1.82, 2.24) is 10.2 Å². The minimum Gasteiger partial charge on any atom is -0.468 e. The summed E-state index contributed by atoms with van der Waals surface area (Å²) in [6.07, 6.45) is 4.40. The van der Waals surface area contributed by atoms with Crippen LogP contribution in [0, 0.1) is 11.8 Å². The van der Waals surface area contributed by atoms with E-state index in [0.29, 0.717) is 0 Å². The lowest BCUT2D eigenvalue weighted by Gasteiger charge is -2.23. The number of hydrogen-bond donors (Lipinski definition) is 1. The van der Waals surface area contributed by atoms with E-state index in [4.69, 9.17) is 4.42 Å². The van der Waals surface area contributed by atoms with Gasteiger partial charge in [-0.1, -0.05) is 34.6 Å². The molecule has 122 valence electrons. The Kier molecular flexibility index (Phi) is 8.70. The zero-order valence-electron chi connectivity index (χ0n) is 14.6. The number of furan rings is 1. The molecule has 0 saturated carbocycles. The van der Waals surface area contributed by atoms with Crippen LogP contribution in [0.15, 0.2) is 16.7 Å². The van der Waals surface area contributed by atoms with Crippen LogP contribution in [0.1, 0.15) is 58.8 Å². The van der Waals surface area contributed by atoms with Gasteiger partial charge in [-0.05, 0) is 50.4 Å². The van der Waals surface area contributed by atoms with Crippen LogP contribution in [0.4, 0.5) is 0 Å². The number of hydrogen-bond acceptors (Lipinski definition) is 3. The monoisotopic (exact) mass is 294 g/mol. The van der Waals surface area contributed by atoms with Crippen LogP contribution >= 0.6 is 0 Å². The van der Waals surface area contributed by atoms with Crippen LogP contribution < -0.4 is 5.32 Å². The smallest absolute Gasteiger partial charge is 0.118 e. The van der Waals surface area contributed by atoms with E-state index in [1.54, 1.807) is 0 Å². The molecular weight excluding hydrogens is 260 g/mol. The standard InChI is InChI=1S/C18H34N2O/c1-6-19-12-17-11-18(21-14-17)13-20(9-7-15(2)3)10-8-16(4)5/h11,14-16,19H,6-10,12-13H2,1-5H3. The van der Waals surface area contributed by atoms with Gasteiger partial charge in [0.1, 0.15) is 5.76 Å². The highest BCUT2D eigenvalue weighted by atomic mass is 16.3. The normalized spacial score (nSPS) is 12.0. The van der Waals surface area contributed by atoms with E-state index in [0.717, 1.165) is 50.3 Å². The summed E-state index contributed by atoms with van der Waals surface area (Å²) in [5.41, 5.74) is 1.25. The highest BCUT2D eigenvalue weighted by Crippen LogP contribution is 2.14. The average molecular weight is 294 g/mol. The van der Waals surface area contributed by atoms with Gasteiger partial charge in [-0.3, -0.25) is 4.90 Å². The van der Waals surface area contributed by atoms with E-state index >= 15 is 0 Å². The molecule has 0 fully saturated rings. The van der Waals surface area contributed by atoms with Crippen LogP contribution in [0.2, 0.25) is 0 Å². The van der Waals surface area contributed by atoms with Crippen LogP contribution in [-0.4, -0.2) is 24.5 Å². The Morgan fingerprint density at radius 2 is 1.71 bits per heavy atom. The maximum absolute atomic E-state index is 5.72. The molecule has 1 heterocycles. The average Bonchev–Trinajstić information content (AvgIpc) is 2.86. The Bertz CT molecular complexity index is 359. The second-order valence-corrected chi connectivity index (χ2v) is 6.84. The molecule has 0 unspecified atom stereocenters. The lowest BCUT2D eigenvalue weighted by Crippen LogP contribution is -2.27. The summed E-state index contributed by atoms with van der Waals surface area (Å²) >= 11 is 0. The van der Waals surface area contributed by atoms with E-state index in [9.17, 15) is 0 Å². The summed E-state index contributed by atoms with van der Waals surface area (Å²) in [5.74, 6) is 2.61. The van der Waals surface area contributed by atoms with Gasteiger partial charge in [0.2, 0.25) is 0 Å². The van der Waals surface area contributed by atoms with Gasteiger partial charge in [0.15, 0.2) is 0 Å². The Morgan fingerprint density at radius 1 is 1.10 bits per heavy atom. The summed E-state index contributed by atoms with van der Waals surface area (Å²) in [4.78, 5) is 2.54. The lowest BCUT2D eigenvalue weighted by molar-refractivity contribution is 0.219. The van der Waals surface area contributed by atoms with Crippen molar-refractivity contribution in [2.45, 2.75) is 60.5 Å². The fraction of sp³-hybridized carbons (Fsp3) is 0.778. The first-order valence-electron chi connectivity index (χ1n) is 8.50. The van der Waals surface area contributed by atoms with Gasteiger partial charge in [-0.2, -0.15) is 0 Å². The van der Waals surface area contributed by atoms with Crippen LogP contribution in [0.25, 0.3) is 0 Å². The number of nitrogens with zero attached hydrogens (tertiary/aromatic N) is 1. The van der Waals surface area contributed by atoms with Crippen molar-refractivity contribution in [3.8, 4) is 0 Å². The zero-order valence-corrected chi connectivity index (χ0v) is 14.6. The van der Waals surface area contributed by atoms with E-state index in [1.165, 1.54) is 18.4 Å². The van der Waals surface area contributed by atoms with Gasteiger partial charge in [0.25, 0.3) is 0 Å². The summed E-state index contributed by atoms with van der Waals surface area (Å²) in [6.45, 7) is 16.5. The van der Waals surface area contributed by atoms with Crippen molar-refractivity contribution in [3.05, 3.63) is 23.7 Å². The largest absolute Gasteiger partial charge is 0.468 e. The Balaban J connectivity index is 2.50. The molecular formula is C18H34N2O. The van der Waals surface area contributed by atoms with E-state index in [1.807, 2.05) is 6.26 Å². The minimum atomic E-state index is 0.757. The highest BCUT2D eigenvalue weighted by Gasteiger charge is 2.11. The van der Waals surface area contributed by atoms with Gasteiger partial charge in [0, 0.05) is 12.1 Å². The third kappa shape index (κ3) is 8.27. The van der Waals surface area contributed by atoms with Gasteiger partial charge in [-0.15, -0.1) is 0 Å². The van der Waals surface area contributed by atoms with Crippen LogP contribution in [-0.2, 0) is 13.1 Å². The first-order chi connectivity index (χ1) is 10.0. The van der Waals surface area contributed by atoms with Crippen molar-refractivity contribution in [3.63, 3.8) is 0 Å². The molecule has 21 heavy (non-hydrogen) atoms. The quantitative estimate of drug-likeness (QED) is 0.660. The topological polar surface area (TPSA) is 28.4 Å². The molecule has 0 aliphatic rings. The molecule has 0 aromatic carbocycles. The second kappa shape index (κ2) is 10.0. The van der Waals surface area contributed by atoms with Crippen LogP contribution in [0.5, 0.6) is 0 Å². The zero-order chi connectivity index (χ0) is 15.7. The highest BCUT2D eigenvalue weighted by molar-refractivity contribution is 5.12. The molecule has 0 bridgehead atoms. The molecule has 3 heteroatoms. The summed E-state index contributed by atoms with van der Waals surface area (Å²) in [5, 5.41) is 3.34. The molecule has 0 atom stereocenters. The molecule has 1 aromatic heterocycles. The van der Waals surface area contributed by atoms with Crippen molar-refractivity contribution < 1.29 is 4.42 Å². The molecule has 0 spiro atoms. The van der Waals surface area contributed by atoms with Crippen molar-refractivity contribution in [2.24, 2.45) is 11.8 Å². The predicted octanol–water partition coefficient (Wildman–Crippen LogP) is 4.28. The Morgan fingerprint density at radius 3 is 2.24 bits per heavy atom. The van der Waals surface area contributed by atoms with Crippen molar-refractivity contribution in [1.29, 1.82) is 0 Å². The number of nitrogens with one attached hydrogen (secondary N) is 1. The van der Waals surface area contributed by atoms with E-state index < -0.39 is 0 Å². The minimum absolute atomic E-state index is 0.757. The van der Waals surface area contributed by atoms with Crippen molar-refractivity contribution in [2.75, 3.05) is 19.6 Å². The summed E-state index contributed by atoms with van der Waals surface area (Å²) < 4.78 is 5.72. The predicted molar refractivity (Wildman–Crippen MR) is 90.3 cm³/mol. The summed E-state index contributed by atoms with van der Waals surface area (Å²) in [7, 11) is 0. The van der Waals surface area contributed by atoms with Crippen LogP contribution in [0.3, 0.4) is 0 Å². The molecule has 1 rings (SSSR count). The number of rotatable bonds is 11. The molecule has 1 N–H and O–H groups in total. The molecule has 0 aliphatic heterocycles. The molecule has 1 aromatic rings. The van der Waals surface area contributed by atoms with Gasteiger partial charge in [-0.25, -0.2) is 0 Å². The van der Waals surface area contributed by atoms with E-state index in [2.05, 4.69) is 50.9 Å². The molecule has 0 amide bonds. The third-order valence-electron chi connectivity index (χ3n) is 3.71. The Labute approximate surface area is 131 Å². The van der Waals surface area contributed by atoms with Gasteiger partial charge in [0.05, 0.1) is 12.8 Å². The Hall–Kier alpha value is -0.800. The molecule has 0 radical (unpaired) electrons. The molecule has 0 saturated heterocycles. The SMILES string of the molecule is CCNCc1coc(CN(CCC(C)C)CCC(C)C)c1. The van der Waals surface area contributed by atoms with Gasteiger partial charge < -0.3 is 9.73 Å². The lowest BCUT2D eigenvalue weighted by atomic mass is 10.1. The van der Waals surface area contributed by atoms with E-state index in [-0.39, 0.29) is 0 Å². The maximum atomic E-state index is 5.72. The maximum Gasteiger partial charge on any atom is 0.118 e. The van der Waals surface area contributed by atoms with Crippen molar-refractivity contribution >= 4 is 0 Å². The fourth-order valence-electron chi connectivity index (χ4n) is 2.24.